The average Bonchev–Trinajstić information content (AvgIpc) is 2.40. The molecule has 1 aliphatic rings. The third-order valence-corrected chi connectivity index (χ3v) is 4.65. The fourth-order valence-electron chi connectivity index (χ4n) is 3.14. The number of aromatic nitrogens is 1. The lowest BCUT2D eigenvalue weighted by atomic mass is 9.75. The summed E-state index contributed by atoms with van der Waals surface area (Å²) in [6, 6.07) is 6.35. The number of hydrogen-bond donors (Lipinski definition) is 1. The Morgan fingerprint density at radius 1 is 1.19 bits per heavy atom. The first-order valence-corrected chi connectivity index (χ1v) is 8.07. The Kier molecular flexibility index (Phi) is 5.73. The first-order chi connectivity index (χ1) is 10.1. The van der Waals surface area contributed by atoms with E-state index >= 15 is 0 Å². The van der Waals surface area contributed by atoms with Crippen molar-refractivity contribution in [3.63, 3.8) is 0 Å². The standard InChI is InChI=1S/C17H30N4/c1-5-18-12-15-8-6-9-16(19-15)13-21(4)14-17(20(2)3)10-7-11-17/h6,8-9,18H,5,7,10-14H2,1-4H3. The van der Waals surface area contributed by atoms with Gasteiger partial charge in [-0.1, -0.05) is 13.0 Å². The van der Waals surface area contributed by atoms with E-state index in [-0.39, 0.29) is 0 Å². The van der Waals surface area contributed by atoms with Crippen LogP contribution in [0.25, 0.3) is 0 Å². The molecule has 4 nitrogen and oxygen atoms in total. The topological polar surface area (TPSA) is 31.4 Å². The van der Waals surface area contributed by atoms with E-state index in [0.717, 1.165) is 31.9 Å². The Hall–Kier alpha value is -0.970. The fourth-order valence-corrected chi connectivity index (χ4v) is 3.14. The summed E-state index contributed by atoms with van der Waals surface area (Å²) in [6.45, 7) is 6.01. The Morgan fingerprint density at radius 2 is 1.90 bits per heavy atom. The van der Waals surface area contributed by atoms with Gasteiger partial charge in [-0.25, -0.2) is 0 Å². The molecule has 21 heavy (non-hydrogen) atoms. The van der Waals surface area contributed by atoms with E-state index < -0.39 is 0 Å². The molecule has 4 heteroatoms. The lowest BCUT2D eigenvalue weighted by molar-refractivity contribution is 0.0256. The maximum atomic E-state index is 4.75. The molecule has 0 atom stereocenters. The van der Waals surface area contributed by atoms with Gasteiger partial charge in [-0.3, -0.25) is 9.88 Å². The van der Waals surface area contributed by atoms with Crippen molar-refractivity contribution in [2.45, 2.75) is 44.8 Å². The maximum absolute atomic E-state index is 4.75. The van der Waals surface area contributed by atoms with Crippen molar-refractivity contribution in [1.29, 1.82) is 0 Å². The second-order valence-corrected chi connectivity index (χ2v) is 6.55. The maximum Gasteiger partial charge on any atom is 0.0547 e. The minimum absolute atomic E-state index is 0.385. The minimum atomic E-state index is 0.385. The van der Waals surface area contributed by atoms with Crippen LogP contribution < -0.4 is 5.32 Å². The van der Waals surface area contributed by atoms with Gasteiger partial charge in [0.25, 0.3) is 0 Å². The molecule has 0 radical (unpaired) electrons. The van der Waals surface area contributed by atoms with Gasteiger partial charge in [0.15, 0.2) is 0 Å². The molecule has 0 aromatic carbocycles. The summed E-state index contributed by atoms with van der Waals surface area (Å²) < 4.78 is 0. The van der Waals surface area contributed by atoms with Crippen LogP contribution in [0.2, 0.25) is 0 Å². The van der Waals surface area contributed by atoms with Crippen LogP contribution in [0.1, 0.15) is 37.6 Å². The number of nitrogens with zero attached hydrogens (tertiary/aromatic N) is 3. The third-order valence-electron chi connectivity index (χ3n) is 4.65. The Balaban J connectivity index is 1.91. The summed E-state index contributed by atoms with van der Waals surface area (Å²) in [7, 11) is 6.63. The molecule has 1 aromatic heterocycles. The highest BCUT2D eigenvalue weighted by atomic mass is 15.2. The largest absolute Gasteiger partial charge is 0.311 e. The van der Waals surface area contributed by atoms with Gasteiger partial charge in [0.05, 0.1) is 11.4 Å². The Morgan fingerprint density at radius 3 is 2.48 bits per heavy atom. The van der Waals surface area contributed by atoms with E-state index in [1.165, 1.54) is 25.0 Å². The smallest absolute Gasteiger partial charge is 0.0547 e. The van der Waals surface area contributed by atoms with Gasteiger partial charge in [0.1, 0.15) is 0 Å². The molecule has 0 bridgehead atoms. The molecule has 118 valence electrons. The van der Waals surface area contributed by atoms with Crippen LogP contribution in [-0.4, -0.2) is 54.6 Å². The van der Waals surface area contributed by atoms with Gasteiger partial charge in [-0.15, -0.1) is 0 Å². The predicted octanol–water partition coefficient (Wildman–Crippen LogP) is 2.11. The second-order valence-electron chi connectivity index (χ2n) is 6.55. The van der Waals surface area contributed by atoms with E-state index in [9.17, 15) is 0 Å². The zero-order chi connectivity index (χ0) is 15.3. The van der Waals surface area contributed by atoms with Gasteiger partial charge >= 0.3 is 0 Å². The number of nitrogens with one attached hydrogen (secondary N) is 1. The predicted molar refractivity (Wildman–Crippen MR) is 88.2 cm³/mol. The molecule has 1 heterocycles. The van der Waals surface area contributed by atoms with Crippen molar-refractivity contribution in [1.82, 2.24) is 20.1 Å². The van der Waals surface area contributed by atoms with Crippen molar-refractivity contribution < 1.29 is 0 Å². The van der Waals surface area contributed by atoms with Gasteiger partial charge in [0.2, 0.25) is 0 Å². The average molecular weight is 290 g/mol. The normalized spacial score (nSPS) is 17.2. The zero-order valence-electron chi connectivity index (χ0n) is 14.0. The summed E-state index contributed by atoms with van der Waals surface area (Å²) in [5, 5.41) is 3.33. The van der Waals surface area contributed by atoms with E-state index in [1.54, 1.807) is 0 Å². The second kappa shape index (κ2) is 7.34. The molecule has 0 saturated heterocycles. The molecular weight excluding hydrogens is 260 g/mol. The van der Waals surface area contributed by atoms with Gasteiger partial charge < -0.3 is 10.2 Å². The summed E-state index contributed by atoms with van der Waals surface area (Å²) in [4.78, 5) is 9.57. The lowest BCUT2D eigenvalue weighted by Crippen LogP contribution is -2.56. The van der Waals surface area contributed by atoms with Gasteiger partial charge in [0, 0.05) is 25.2 Å². The van der Waals surface area contributed by atoms with E-state index in [1.807, 2.05) is 0 Å². The summed E-state index contributed by atoms with van der Waals surface area (Å²) >= 11 is 0. The van der Waals surface area contributed by atoms with Crippen molar-refractivity contribution in [3.8, 4) is 0 Å². The molecule has 1 saturated carbocycles. The molecule has 2 rings (SSSR count). The minimum Gasteiger partial charge on any atom is -0.311 e. The molecule has 0 amide bonds. The van der Waals surface area contributed by atoms with Crippen LogP contribution in [0, 0.1) is 0 Å². The summed E-state index contributed by atoms with van der Waals surface area (Å²) in [5.41, 5.74) is 2.69. The molecule has 0 spiro atoms. The zero-order valence-corrected chi connectivity index (χ0v) is 14.0. The van der Waals surface area contributed by atoms with Crippen molar-refractivity contribution in [2.24, 2.45) is 0 Å². The van der Waals surface area contributed by atoms with Crippen molar-refractivity contribution in [3.05, 3.63) is 29.6 Å². The molecular formula is C17H30N4. The van der Waals surface area contributed by atoms with Crippen molar-refractivity contribution >= 4 is 0 Å². The lowest BCUT2D eigenvalue weighted by Gasteiger charge is -2.49. The third kappa shape index (κ3) is 4.25. The quantitative estimate of drug-likeness (QED) is 0.794. The monoisotopic (exact) mass is 290 g/mol. The van der Waals surface area contributed by atoms with Gasteiger partial charge in [-0.2, -0.15) is 0 Å². The molecule has 1 N–H and O–H groups in total. The van der Waals surface area contributed by atoms with Crippen LogP contribution in [0.4, 0.5) is 0 Å². The van der Waals surface area contributed by atoms with E-state index in [0.29, 0.717) is 5.54 Å². The fraction of sp³-hybridized carbons (Fsp3) is 0.706. The highest BCUT2D eigenvalue weighted by Gasteiger charge is 2.39. The summed E-state index contributed by atoms with van der Waals surface area (Å²) in [5.74, 6) is 0. The van der Waals surface area contributed by atoms with Crippen molar-refractivity contribution in [2.75, 3.05) is 34.2 Å². The Bertz CT molecular complexity index is 440. The molecule has 1 fully saturated rings. The number of rotatable bonds is 8. The molecule has 1 aliphatic carbocycles. The Labute approximate surface area is 129 Å². The molecule has 1 aromatic rings. The van der Waals surface area contributed by atoms with Crippen LogP contribution in [0.15, 0.2) is 18.2 Å². The molecule has 0 aliphatic heterocycles. The first kappa shape index (κ1) is 16.4. The number of likely N-dealkylation sites (N-methyl/N-ethyl adjacent to an activating group) is 2. The highest BCUT2D eigenvalue weighted by Crippen LogP contribution is 2.36. The number of pyridine rings is 1. The van der Waals surface area contributed by atoms with Crippen LogP contribution in [0.3, 0.4) is 0 Å². The SMILES string of the molecule is CCNCc1cccc(CN(C)CC2(N(C)C)CCC2)n1. The van der Waals surface area contributed by atoms with E-state index in [4.69, 9.17) is 4.98 Å². The van der Waals surface area contributed by atoms with Crippen LogP contribution >= 0.6 is 0 Å². The van der Waals surface area contributed by atoms with E-state index in [2.05, 4.69) is 61.4 Å². The highest BCUT2D eigenvalue weighted by molar-refractivity contribution is 5.11. The molecule has 0 unspecified atom stereocenters. The van der Waals surface area contributed by atoms with Crippen LogP contribution in [-0.2, 0) is 13.1 Å². The van der Waals surface area contributed by atoms with Crippen LogP contribution in [0.5, 0.6) is 0 Å². The first-order valence-electron chi connectivity index (χ1n) is 8.07. The summed E-state index contributed by atoms with van der Waals surface area (Å²) in [6.07, 6.45) is 4.00. The van der Waals surface area contributed by atoms with Gasteiger partial charge in [-0.05, 0) is 59.1 Å². The number of hydrogen-bond acceptors (Lipinski definition) is 4.